The van der Waals surface area contributed by atoms with Gasteiger partial charge < -0.3 is 14.8 Å². The normalized spacial score (nSPS) is 23.2. The highest BCUT2D eigenvalue weighted by Gasteiger charge is 2.23. The zero-order chi connectivity index (χ0) is 14.5. The maximum atomic E-state index is 6.20. The van der Waals surface area contributed by atoms with Gasteiger partial charge in [-0.1, -0.05) is 25.4 Å². The molecule has 0 saturated carbocycles. The Morgan fingerprint density at radius 1 is 1.55 bits per heavy atom. The highest BCUT2D eigenvalue weighted by atomic mass is 35.5. The lowest BCUT2D eigenvalue weighted by atomic mass is 9.96. The van der Waals surface area contributed by atoms with E-state index in [1.165, 1.54) is 11.5 Å². The molecule has 0 amide bonds. The van der Waals surface area contributed by atoms with Gasteiger partial charge in [-0.25, -0.2) is 0 Å². The third kappa shape index (κ3) is 4.32. The van der Waals surface area contributed by atoms with Crippen LogP contribution in [0.2, 0.25) is 5.02 Å². The van der Waals surface area contributed by atoms with Crippen LogP contribution in [0.15, 0.2) is 0 Å². The molecule has 2 atom stereocenters. The standard InChI is InChI=1S/C14H23ClN2O2S/c1-9(2)6-11-7-10(4-5-19-11)16-8-12-13(15)14(18-3)17-20-12/h9-11,16H,4-8H2,1-3H3. The molecule has 0 aliphatic carbocycles. The van der Waals surface area contributed by atoms with Crippen molar-refractivity contribution in [2.45, 2.75) is 51.8 Å². The highest BCUT2D eigenvalue weighted by Crippen LogP contribution is 2.30. The van der Waals surface area contributed by atoms with E-state index in [9.17, 15) is 0 Å². The minimum atomic E-state index is 0.382. The lowest BCUT2D eigenvalue weighted by Crippen LogP contribution is -2.39. The van der Waals surface area contributed by atoms with Crippen LogP contribution in [-0.4, -0.2) is 30.2 Å². The van der Waals surface area contributed by atoms with E-state index in [0.29, 0.717) is 29.0 Å². The Kier molecular flexibility index (Phi) is 6.08. The van der Waals surface area contributed by atoms with Crippen LogP contribution in [0.25, 0.3) is 0 Å². The molecule has 1 aliphatic heterocycles. The van der Waals surface area contributed by atoms with E-state index in [4.69, 9.17) is 21.1 Å². The van der Waals surface area contributed by atoms with Crippen LogP contribution in [0.3, 0.4) is 0 Å². The van der Waals surface area contributed by atoms with Crippen LogP contribution in [-0.2, 0) is 11.3 Å². The van der Waals surface area contributed by atoms with Crippen LogP contribution in [0.1, 0.15) is 38.0 Å². The van der Waals surface area contributed by atoms with E-state index in [2.05, 4.69) is 23.5 Å². The van der Waals surface area contributed by atoms with Crippen molar-refractivity contribution in [3.63, 3.8) is 0 Å². The first-order chi connectivity index (χ1) is 9.60. The maximum absolute atomic E-state index is 6.20. The number of aromatic nitrogens is 1. The topological polar surface area (TPSA) is 43.4 Å². The summed E-state index contributed by atoms with van der Waals surface area (Å²) in [5.74, 6) is 1.21. The van der Waals surface area contributed by atoms with Gasteiger partial charge >= 0.3 is 0 Å². The first-order valence-electron chi connectivity index (χ1n) is 7.13. The highest BCUT2D eigenvalue weighted by molar-refractivity contribution is 7.06. The number of hydrogen-bond donors (Lipinski definition) is 1. The molecule has 1 fully saturated rings. The summed E-state index contributed by atoms with van der Waals surface area (Å²) in [4.78, 5) is 1.04. The molecule has 1 N–H and O–H groups in total. The summed E-state index contributed by atoms with van der Waals surface area (Å²) in [6, 6.07) is 0.497. The summed E-state index contributed by atoms with van der Waals surface area (Å²) in [5, 5.41) is 4.20. The fraction of sp³-hybridized carbons (Fsp3) is 0.786. The third-order valence-corrected chi connectivity index (χ3v) is 4.85. The number of halogens is 1. The van der Waals surface area contributed by atoms with Gasteiger partial charge in [0.05, 0.1) is 18.1 Å². The fourth-order valence-corrected chi connectivity index (χ4v) is 3.54. The summed E-state index contributed by atoms with van der Waals surface area (Å²) < 4.78 is 15.1. The van der Waals surface area contributed by atoms with E-state index < -0.39 is 0 Å². The molecule has 6 heteroatoms. The van der Waals surface area contributed by atoms with Crippen molar-refractivity contribution in [1.29, 1.82) is 0 Å². The molecule has 0 aromatic carbocycles. The van der Waals surface area contributed by atoms with Crippen molar-refractivity contribution < 1.29 is 9.47 Å². The predicted octanol–water partition coefficient (Wildman–Crippen LogP) is 3.49. The lowest BCUT2D eigenvalue weighted by Gasteiger charge is -2.31. The van der Waals surface area contributed by atoms with Gasteiger partial charge in [0, 0.05) is 19.2 Å². The van der Waals surface area contributed by atoms with Gasteiger partial charge in [0.25, 0.3) is 0 Å². The molecule has 1 aliphatic rings. The largest absolute Gasteiger partial charge is 0.479 e. The van der Waals surface area contributed by atoms with Crippen molar-refractivity contribution in [1.82, 2.24) is 9.69 Å². The Labute approximate surface area is 130 Å². The van der Waals surface area contributed by atoms with E-state index in [1.54, 1.807) is 7.11 Å². The molecule has 1 aromatic rings. The van der Waals surface area contributed by atoms with E-state index in [-0.39, 0.29) is 0 Å². The van der Waals surface area contributed by atoms with E-state index in [0.717, 1.165) is 37.3 Å². The first-order valence-corrected chi connectivity index (χ1v) is 8.28. The third-order valence-electron chi connectivity index (χ3n) is 3.52. The minimum Gasteiger partial charge on any atom is -0.479 e. The Hall–Kier alpha value is -0.360. The van der Waals surface area contributed by atoms with Crippen LogP contribution < -0.4 is 10.1 Å². The Morgan fingerprint density at radius 2 is 2.35 bits per heavy atom. The molecule has 4 nitrogen and oxygen atoms in total. The number of hydrogen-bond acceptors (Lipinski definition) is 5. The summed E-state index contributed by atoms with van der Waals surface area (Å²) >= 11 is 7.60. The number of nitrogens with zero attached hydrogens (tertiary/aromatic N) is 1. The SMILES string of the molecule is COc1nsc(CNC2CCOC(CC(C)C)C2)c1Cl. The Bertz CT molecular complexity index is 425. The molecule has 114 valence electrons. The quantitative estimate of drug-likeness (QED) is 0.872. The zero-order valence-electron chi connectivity index (χ0n) is 12.3. The average molecular weight is 319 g/mol. The first kappa shape index (κ1) is 16.0. The molecule has 2 unspecified atom stereocenters. The minimum absolute atomic E-state index is 0.382. The number of rotatable bonds is 6. The second-order valence-electron chi connectivity index (χ2n) is 5.65. The Morgan fingerprint density at radius 3 is 3.00 bits per heavy atom. The zero-order valence-corrected chi connectivity index (χ0v) is 13.9. The van der Waals surface area contributed by atoms with Crippen LogP contribution in [0.5, 0.6) is 5.88 Å². The van der Waals surface area contributed by atoms with Crippen molar-refractivity contribution >= 4 is 23.1 Å². The molecule has 2 rings (SSSR count). The number of methoxy groups -OCH3 is 1. The average Bonchev–Trinajstić information content (AvgIpc) is 2.76. The molecule has 0 spiro atoms. The second-order valence-corrected chi connectivity index (χ2v) is 6.89. The van der Waals surface area contributed by atoms with Crippen LogP contribution in [0.4, 0.5) is 0 Å². The maximum Gasteiger partial charge on any atom is 0.244 e. The van der Waals surface area contributed by atoms with E-state index in [1.807, 2.05) is 0 Å². The predicted molar refractivity (Wildman–Crippen MR) is 82.7 cm³/mol. The van der Waals surface area contributed by atoms with Crippen molar-refractivity contribution in [2.75, 3.05) is 13.7 Å². The molecule has 20 heavy (non-hydrogen) atoms. The van der Waals surface area contributed by atoms with Crippen LogP contribution in [0, 0.1) is 5.92 Å². The number of ether oxygens (including phenoxy) is 2. The fourth-order valence-electron chi connectivity index (χ4n) is 2.53. The van der Waals surface area contributed by atoms with Gasteiger partial charge in [-0.15, -0.1) is 0 Å². The van der Waals surface area contributed by atoms with E-state index >= 15 is 0 Å². The molecule has 2 heterocycles. The second kappa shape index (κ2) is 7.59. The monoisotopic (exact) mass is 318 g/mol. The van der Waals surface area contributed by atoms with Crippen molar-refractivity contribution in [2.24, 2.45) is 5.92 Å². The molecule has 0 radical (unpaired) electrons. The summed E-state index contributed by atoms with van der Waals surface area (Å²) in [7, 11) is 1.59. The molecule has 0 bridgehead atoms. The molecular weight excluding hydrogens is 296 g/mol. The van der Waals surface area contributed by atoms with Gasteiger partial charge in [0.15, 0.2) is 0 Å². The Balaban J connectivity index is 1.82. The lowest BCUT2D eigenvalue weighted by molar-refractivity contribution is -0.00953. The summed E-state index contributed by atoms with van der Waals surface area (Å²) in [6.45, 7) is 6.07. The molecule has 1 saturated heterocycles. The smallest absolute Gasteiger partial charge is 0.244 e. The number of nitrogens with one attached hydrogen (secondary N) is 1. The molecular formula is C14H23ClN2O2S. The van der Waals surface area contributed by atoms with Gasteiger partial charge in [-0.2, -0.15) is 4.37 Å². The summed E-state index contributed by atoms with van der Waals surface area (Å²) in [6.07, 6.45) is 3.65. The van der Waals surface area contributed by atoms with Gasteiger partial charge in [-0.05, 0) is 36.7 Å². The van der Waals surface area contributed by atoms with Gasteiger partial charge in [-0.3, -0.25) is 0 Å². The van der Waals surface area contributed by atoms with Crippen molar-refractivity contribution in [3.8, 4) is 5.88 Å². The van der Waals surface area contributed by atoms with Crippen molar-refractivity contribution in [3.05, 3.63) is 9.90 Å². The van der Waals surface area contributed by atoms with Crippen LogP contribution >= 0.6 is 23.1 Å². The molecule has 1 aromatic heterocycles. The van der Waals surface area contributed by atoms with Gasteiger partial charge in [0.1, 0.15) is 5.02 Å². The summed E-state index contributed by atoms with van der Waals surface area (Å²) in [5.41, 5.74) is 0. The van der Waals surface area contributed by atoms with Gasteiger partial charge in [0.2, 0.25) is 5.88 Å².